The molecule has 0 atom stereocenters. The summed E-state index contributed by atoms with van der Waals surface area (Å²) in [6, 6.07) is 7.81. The Bertz CT molecular complexity index is 228. The van der Waals surface area contributed by atoms with E-state index < -0.39 is 0 Å². The molecule has 0 aromatic heterocycles. The van der Waals surface area contributed by atoms with E-state index in [1.807, 2.05) is 24.3 Å². The summed E-state index contributed by atoms with van der Waals surface area (Å²) in [5.41, 5.74) is 0.935. The summed E-state index contributed by atoms with van der Waals surface area (Å²) < 4.78 is 1.18. The predicted molar refractivity (Wildman–Crippen MR) is 41.2 cm³/mol. The Hall–Kier alpha value is -0.701. The second kappa shape index (κ2) is 2.73. The van der Waals surface area contributed by atoms with E-state index >= 15 is 0 Å². The van der Waals surface area contributed by atoms with E-state index in [0.29, 0.717) is 0 Å². The fraction of sp³-hybridized carbons (Fsp3) is 0. The minimum atomic E-state index is 0.935. The van der Waals surface area contributed by atoms with E-state index in [2.05, 4.69) is 21.9 Å². The van der Waals surface area contributed by atoms with Crippen molar-refractivity contribution >= 4 is 20.5 Å². The second-order valence-electron chi connectivity index (χ2n) is 1.69. The van der Waals surface area contributed by atoms with E-state index in [0.717, 1.165) is 5.56 Å². The van der Waals surface area contributed by atoms with Crippen molar-refractivity contribution in [3.05, 3.63) is 29.8 Å². The van der Waals surface area contributed by atoms with E-state index in [9.17, 15) is 0 Å². The molecule has 0 aliphatic heterocycles. The summed E-state index contributed by atoms with van der Waals surface area (Å²) in [7, 11) is 0. The van der Waals surface area contributed by atoms with Crippen LogP contribution in [0.15, 0.2) is 24.3 Å². The normalized spacial score (nSPS) is 8.44. The van der Waals surface area contributed by atoms with Gasteiger partial charge in [-0.25, -0.2) is 0 Å². The van der Waals surface area contributed by atoms with Gasteiger partial charge in [0.25, 0.3) is 0 Å². The molecule has 0 fully saturated rings. The first-order valence-electron chi connectivity index (χ1n) is 2.58. The van der Waals surface area contributed by atoms with Gasteiger partial charge in [-0.05, 0) is 0 Å². The molecular formula is C8H6Se. The van der Waals surface area contributed by atoms with Gasteiger partial charge in [0.2, 0.25) is 0 Å². The van der Waals surface area contributed by atoms with Gasteiger partial charge in [0.05, 0.1) is 0 Å². The summed E-state index contributed by atoms with van der Waals surface area (Å²) in [5.74, 6) is 2.55. The molecule has 0 unspecified atom stereocenters. The zero-order chi connectivity index (χ0) is 6.69. The molecule has 0 heterocycles. The SMILES string of the molecule is C#Cc1ccc([SeH])cc1. The van der Waals surface area contributed by atoms with Crippen molar-refractivity contribution in [2.75, 3.05) is 0 Å². The molecule has 0 N–H and O–H groups in total. The molecule has 0 bridgehead atoms. The fourth-order valence-electron chi connectivity index (χ4n) is 0.558. The molecule has 0 saturated carbocycles. The summed E-state index contributed by atoms with van der Waals surface area (Å²) in [6.45, 7) is 0. The van der Waals surface area contributed by atoms with Crippen LogP contribution in [0.3, 0.4) is 0 Å². The predicted octanol–water partition coefficient (Wildman–Crippen LogP) is 0.194. The molecule has 9 heavy (non-hydrogen) atoms. The van der Waals surface area contributed by atoms with Gasteiger partial charge < -0.3 is 0 Å². The molecular weight excluding hydrogens is 175 g/mol. The number of benzene rings is 1. The van der Waals surface area contributed by atoms with Crippen molar-refractivity contribution in [1.82, 2.24) is 0 Å². The average Bonchev–Trinajstić information content (AvgIpc) is 1.90. The first-order chi connectivity index (χ1) is 4.33. The fourth-order valence-corrected chi connectivity index (χ4v) is 0.870. The summed E-state index contributed by atoms with van der Waals surface area (Å²) >= 11 is 2.46. The zero-order valence-electron chi connectivity index (χ0n) is 4.83. The molecule has 1 heteroatoms. The van der Waals surface area contributed by atoms with Crippen LogP contribution in [0, 0.1) is 12.3 Å². The molecule has 44 valence electrons. The Morgan fingerprint density at radius 3 is 2.22 bits per heavy atom. The molecule has 1 aromatic carbocycles. The third-order valence-electron chi connectivity index (χ3n) is 1.03. The van der Waals surface area contributed by atoms with Crippen molar-refractivity contribution in [2.45, 2.75) is 0 Å². The first-order valence-corrected chi connectivity index (χ1v) is 3.52. The summed E-state index contributed by atoms with van der Waals surface area (Å²) in [5, 5.41) is 0. The van der Waals surface area contributed by atoms with Gasteiger partial charge in [-0.15, -0.1) is 0 Å². The molecule has 1 aromatic rings. The molecule has 0 saturated heterocycles. The zero-order valence-corrected chi connectivity index (χ0v) is 6.71. The second-order valence-corrected chi connectivity index (χ2v) is 2.77. The first kappa shape index (κ1) is 6.42. The van der Waals surface area contributed by atoms with Crippen LogP contribution >= 0.6 is 0 Å². The van der Waals surface area contributed by atoms with Gasteiger partial charge in [-0.1, -0.05) is 0 Å². The van der Waals surface area contributed by atoms with Crippen LogP contribution in [0.25, 0.3) is 0 Å². The van der Waals surface area contributed by atoms with E-state index in [1.165, 1.54) is 4.46 Å². The number of hydrogen-bond acceptors (Lipinski definition) is 0. The van der Waals surface area contributed by atoms with Crippen molar-refractivity contribution in [3.63, 3.8) is 0 Å². The quantitative estimate of drug-likeness (QED) is 0.396. The Balaban J connectivity index is 3.06. The van der Waals surface area contributed by atoms with Crippen molar-refractivity contribution in [2.24, 2.45) is 0 Å². The Kier molecular flexibility index (Phi) is 1.95. The van der Waals surface area contributed by atoms with Crippen LogP contribution in [0.4, 0.5) is 0 Å². The number of terminal acetylenes is 1. The minimum absolute atomic E-state index is 0.935. The molecule has 1 rings (SSSR count). The maximum absolute atomic E-state index is 5.14. The van der Waals surface area contributed by atoms with Crippen molar-refractivity contribution < 1.29 is 0 Å². The summed E-state index contributed by atoms with van der Waals surface area (Å²) in [6.07, 6.45) is 5.14. The molecule has 0 nitrogen and oxygen atoms in total. The Morgan fingerprint density at radius 1 is 1.22 bits per heavy atom. The molecule has 0 aliphatic carbocycles. The van der Waals surface area contributed by atoms with E-state index in [1.54, 1.807) is 0 Å². The van der Waals surface area contributed by atoms with E-state index in [4.69, 9.17) is 6.42 Å². The Labute approximate surface area is 63.1 Å². The van der Waals surface area contributed by atoms with Gasteiger partial charge in [-0.2, -0.15) is 0 Å². The van der Waals surface area contributed by atoms with E-state index in [-0.39, 0.29) is 0 Å². The summed E-state index contributed by atoms with van der Waals surface area (Å²) in [4.78, 5) is 0. The van der Waals surface area contributed by atoms with Gasteiger partial charge in [0, 0.05) is 0 Å². The van der Waals surface area contributed by atoms with Crippen LogP contribution < -0.4 is 4.46 Å². The van der Waals surface area contributed by atoms with Crippen LogP contribution in [0.5, 0.6) is 0 Å². The van der Waals surface area contributed by atoms with Gasteiger partial charge in [-0.3, -0.25) is 0 Å². The maximum atomic E-state index is 5.14. The number of hydrogen-bond donors (Lipinski definition) is 0. The van der Waals surface area contributed by atoms with Crippen molar-refractivity contribution in [3.8, 4) is 12.3 Å². The third kappa shape index (κ3) is 1.61. The molecule has 0 radical (unpaired) electrons. The topological polar surface area (TPSA) is 0 Å². The number of rotatable bonds is 0. The van der Waals surface area contributed by atoms with Gasteiger partial charge >= 0.3 is 62.6 Å². The molecule has 0 spiro atoms. The van der Waals surface area contributed by atoms with Crippen LogP contribution in [-0.4, -0.2) is 16.0 Å². The van der Waals surface area contributed by atoms with Crippen LogP contribution in [-0.2, 0) is 0 Å². The van der Waals surface area contributed by atoms with Crippen LogP contribution in [0.1, 0.15) is 5.56 Å². The molecule has 0 aliphatic rings. The average molecular weight is 181 g/mol. The molecule has 0 amide bonds. The van der Waals surface area contributed by atoms with Gasteiger partial charge in [0.15, 0.2) is 0 Å². The monoisotopic (exact) mass is 182 g/mol. The van der Waals surface area contributed by atoms with Crippen molar-refractivity contribution in [1.29, 1.82) is 0 Å². The van der Waals surface area contributed by atoms with Gasteiger partial charge in [0.1, 0.15) is 0 Å². The third-order valence-corrected chi connectivity index (χ3v) is 1.66. The van der Waals surface area contributed by atoms with Crippen LogP contribution in [0.2, 0.25) is 0 Å². The Morgan fingerprint density at radius 2 is 1.78 bits per heavy atom. The standard InChI is InChI=1S/C8H6Se/c1-2-7-3-5-8(9)6-4-7/h1,3-6,9H.